The lowest BCUT2D eigenvalue weighted by Crippen LogP contribution is -2.48. The Morgan fingerprint density at radius 2 is 1.91 bits per heavy atom. The van der Waals surface area contributed by atoms with Crippen molar-refractivity contribution in [1.82, 2.24) is 9.80 Å². The number of hydrogen-bond acceptors (Lipinski definition) is 5. The van der Waals surface area contributed by atoms with E-state index in [0.717, 1.165) is 18.4 Å². The third-order valence-corrected chi connectivity index (χ3v) is 7.21. The van der Waals surface area contributed by atoms with E-state index in [1.54, 1.807) is 18.2 Å². The first-order chi connectivity index (χ1) is 16.8. The molecule has 2 aromatic carbocycles. The molecule has 2 fully saturated rings. The predicted octanol–water partition coefficient (Wildman–Crippen LogP) is 2.61. The minimum atomic E-state index is -1.71. The number of carbonyl (C=O) groups excluding carboxylic acids is 4. The van der Waals surface area contributed by atoms with Gasteiger partial charge in [-0.15, -0.1) is 0 Å². The van der Waals surface area contributed by atoms with Crippen molar-refractivity contribution in [2.75, 3.05) is 18.6 Å². The largest absolute Gasteiger partial charge is 0.334 e. The van der Waals surface area contributed by atoms with Gasteiger partial charge in [-0.2, -0.15) is 0 Å². The summed E-state index contributed by atoms with van der Waals surface area (Å²) in [6.45, 7) is 3.67. The third kappa shape index (κ3) is 4.23. The minimum Gasteiger partial charge on any atom is -0.334 e. The summed E-state index contributed by atoms with van der Waals surface area (Å²) in [5.41, 5.74) is 1.02. The molecule has 2 unspecified atom stereocenters. The van der Waals surface area contributed by atoms with Gasteiger partial charge >= 0.3 is 0 Å². The summed E-state index contributed by atoms with van der Waals surface area (Å²) < 4.78 is 5.87. The van der Waals surface area contributed by atoms with Crippen LogP contribution in [0.25, 0.3) is 0 Å². The Hall–Kier alpha value is -3.52. The SMILES string of the molecule is CC(=O)Nc1ccc2c(c1)CC(=O)C21OCN(CC(=O)N(Cc2ccccc2)C(C)C2CC2)C1=O. The maximum atomic E-state index is 13.5. The smallest absolute Gasteiger partial charge is 0.269 e. The number of fused-ring (bicyclic) bond motifs is 2. The lowest BCUT2D eigenvalue weighted by Gasteiger charge is -2.31. The van der Waals surface area contributed by atoms with Gasteiger partial charge in [0.25, 0.3) is 5.91 Å². The average Bonchev–Trinajstić information content (AvgIpc) is 3.58. The molecule has 182 valence electrons. The Morgan fingerprint density at radius 1 is 1.17 bits per heavy atom. The number of carbonyl (C=O) groups is 4. The summed E-state index contributed by atoms with van der Waals surface area (Å²) in [5.74, 6) is -0.752. The second-order valence-corrected chi connectivity index (χ2v) is 9.70. The molecule has 35 heavy (non-hydrogen) atoms. The summed E-state index contributed by atoms with van der Waals surface area (Å²) >= 11 is 0. The van der Waals surface area contributed by atoms with E-state index < -0.39 is 11.5 Å². The molecule has 1 heterocycles. The summed E-state index contributed by atoms with van der Waals surface area (Å²) in [6.07, 6.45) is 2.23. The Labute approximate surface area is 204 Å². The van der Waals surface area contributed by atoms with Gasteiger partial charge in [0.2, 0.25) is 17.4 Å². The molecule has 1 aliphatic heterocycles. The number of amides is 3. The second kappa shape index (κ2) is 8.92. The Kier molecular flexibility index (Phi) is 5.92. The van der Waals surface area contributed by atoms with E-state index in [9.17, 15) is 19.2 Å². The number of Topliss-reactive ketones (excluding diaryl/α,β-unsaturated/α-hetero) is 1. The molecule has 3 amide bonds. The fourth-order valence-corrected chi connectivity index (χ4v) is 5.17. The molecule has 2 aromatic rings. The fourth-order valence-electron chi connectivity index (χ4n) is 5.17. The van der Waals surface area contributed by atoms with E-state index in [1.165, 1.54) is 11.8 Å². The molecular weight excluding hydrogens is 446 g/mol. The highest BCUT2D eigenvalue weighted by atomic mass is 16.5. The number of benzene rings is 2. The molecular formula is C27H29N3O5. The molecule has 0 radical (unpaired) electrons. The number of nitrogens with one attached hydrogen (secondary N) is 1. The first kappa shape index (κ1) is 23.2. The molecule has 3 aliphatic rings. The topological polar surface area (TPSA) is 96.0 Å². The number of ketones is 1. The lowest BCUT2D eigenvalue weighted by molar-refractivity contribution is -0.149. The van der Waals surface area contributed by atoms with Crippen LogP contribution in [0, 0.1) is 5.92 Å². The highest BCUT2D eigenvalue weighted by Crippen LogP contribution is 2.43. The van der Waals surface area contributed by atoms with Crippen LogP contribution in [0.4, 0.5) is 5.69 Å². The maximum absolute atomic E-state index is 13.5. The molecule has 8 nitrogen and oxygen atoms in total. The van der Waals surface area contributed by atoms with E-state index in [0.29, 0.717) is 29.3 Å². The first-order valence-corrected chi connectivity index (χ1v) is 12.0. The summed E-state index contributed by atoms with van der Waals surface area (Å²) in [7, 11) is 0. The van der Waals surface area contributed by atoms with Gasteiger partial charge in [-0.1, -0.05) is 36.4 Å². The van der Waals surface area contributed by atoms with Gasteiger partial charge in [0.1, 0.15) is 13.3 Å². The molecule has 2 aliphatic carbocycles. The molecule has 5 rings (SSSR count). The number of rotatable bonds is 7. The van der Waals surface area contributed by atoms with Gasteiger partial charge in [-0.05, 0) is 48.9 Å². The van der Waals surface area contributed by atoms with Crippen molar-refractivity contribution in [2.45, 2.75) is 51.3 Å². The number of anilines is 1. The molecule has 1 saturated carbocycles. The van der Waals surface area contributed by atoms with Crippen molar-refractivity contribution in [3.8, 4) is 0 Å². The standard InChI is InChI=1S/C27H29N3O5/c1-17(20-8-9-20)30(14-19-6-4-3-5-7-19)25(33)15-29-16-35-27(26(29)34)23-11-10-22(28-18(2)31)12-21(23)13-24(27)32/h3-7,10-12,17,20H,8-9,13-16H2,1-2H3,(H,28,31). The quantitative estimate of drug-likeness (QED) is 0.621. The number of hydrogen-bond donors (Lipinski definition) is 1. The van der Waals surface area contributed by atoms with Gasteiger partial charge in [-0.3, -0.25) is 19.2 Å². The van der Waals surface area contributed by atoms with Crippen LogP contribution in [0.15, 0.2) is 48.5 Å². The zero-order valence-electron chi connectivity index (χ0n) is 20.0. The second-order valence-electron chi connectivity index (χ2n) is 9.70. The maximum Gasteiger partial charge on any atom is 0.269 e. The van der Waals surface area contributed by atoms with Crippen LogP contribution in [0.2, 0.25) is 0 Å². The van der Waals surface area contributed by atoms with Crippen molar-refractivity contribution in [2.24, 2.45) is 5.92 Å². The van der Waals surface area contributed by atoms with E-state index in [2.05, 4.69) is 12.2 Å². The number of ether oxygens (including phenoxy) is 1. The highest BCUT2D eigenvalue weighted by molar-refractivity contribution is 6.15. The van der Waals surface area contributed by atoms with Crippen molar-refractivity contribution >= 4 is 29.2 Å². The number of nitrogens with zero attached hydrogens (tertiary/aromatic N) is 2. The Balaban J connectivity index is 1.35. The Morgan fingerprint density at radius 3 is 2.60 bits per heavy atom. The third-order valence-electron chi connectivity index (χ3n) is 7.21. The summed E-state index contributed by atoms with van der Waals surface area (Å²) in [4.78, 5) is 54.6. The monoisotopic (exact) mass is 475 g/mol. The van der Waals surface area contributed by atoms with E-state index in [-0.39, 0.29) is 43.3 Å². The lowest BCUT2D eigenvalue weighted by atomic mass is 9.94. The molecule has 2 atom stereocenters. The van der Waals surface area contributed by atoms with Gasteiger partial charge in [0.15, 0.2) is 5.78 Å². The van der Waals surface area contributed by atoms with E-state index in [4.69, 9.17) is 4.74 Å². The van der Waals surface area contributed by atoms with Gasteiger partial charge < -0.3 is 19.9 Å². The predicted molar refractivity (Wildman–Crippen MR) is 128 cm³/mol. The van der Waals surface area contributed by atoms with Crippen LogP contribution in [0.1, 0.15) is 43.4 Å². The van der Waals surface area contributed by atoms with Crippen LogP contribution < -0.4 is 5.32 Å². The van der Waals surface area contributed by atoms with Crippen LogP contribution in [-0.2, 0) is 42.5 Å². The van der Waals surface area contributed by atoms with E-state index in [1.807, 2.05) is 35.2 Å². The highest BCUT2D eigenvalue weighted by Gasteiger charge is 2.59. The van der Waals surface area contributed by atoms with Crippen LogP contribution in [-0.4, -0.2) is 52.6 Å². The van der Waals surface area contributed by atoms with Crippen molar-refractivity contribution in [3.05, 3.63) is 65.2 Å². The average molecular weight is 476 g/mol. The Bertz CT molecular complexity index is 1190. The van der Waals surface area contributed by atoms with Gasteiger partial charge in [0.05, 0.1) is 0 Å². The molecule has 1 spiro atoms. The normalized spacial score (nSPS) is 21.8. The molecule has 1 saturated heterocycles. The van der Waals surface area contributed by atoms with Gasteiger partial charge in [-0.25, -0.2) is 0 Å². The molecule has 1 N–H and O–H groups in total. The van der Waals surface area contributed by atoms with Crippen molar-refractivity contribution in [1.29, 1.82) is 0 Å². The zero-order chi connectivity index (χ0) is 24.7. The van der Waals surface area contributed by atoms with Crippen molar-refractivity contribution < 1.29 is 23.9 Å². The minimum absolute atomic E-state index is 0.0368. The summed E-state index contributed by atoms with van der Waals surface area (Å²) in [6, 6.07) is 14.9. The van der Waals surface area contributed by atoms with Gasteiger partial charge in [0, 0.05) is 37.2 Å². The van der Waals surface area contributed by atoms with Crippen LogP contribution in [0.3, 0.4) is 0 Å². The molecule has 0 bridgehead atoms. The van der Waals surface area contributed by atoms with Crippen LogP contribution in [0.5, 0.6) is 0 Å². The molecule has 8 heteroatoms. The molecule has 0 aromatic heterocycles. The fraction of sp³-hybridized carbons (Fsp3) is 0.407. The van der Waals surface area contributed by atoms with Crippen molar-refractivity contribution in [3.63, 3.8) is 0 Å². The zero-order valence-corrected chi connectivity index (χ0v) is 20.0. The summed E-state index contributed by atoms with van der Waals surface area (Å²) in [5, 5.41) is 2.69. The van der Waals surface area contributed by atoms with Crippen LogP contribution >= 0.6 is 0 Å². The van der Waals surface area contributed by atoms with E-state index >= 15 is 0 Å². The first-order valence-electron chi connectivity index (χ1n) is 12.0.